The summed E-state index contributed by atoms with van der Waals surface area (Å²) in [4.78, 5) is 2.60. The summed E-state index contributed by atoms with van der Waals surface area (Å²) in [5.74, 6) is 1.10. The fraction of sp³-hybridized carbons (Fsp3) is 0.684. The molecule has 0 spiro atoms. The maximum atomic E-state index is 6.45. The first-order chi connectivity index (χ1) is 10.4. The third-order valence-corrected chi connectivity index (χ3v) is 5.74. The summed E-state index contributed by atoms with van der Waals surface area (Å²) in [5, 5.41) is 0. The van der Waals surface area contributed by atoms with Crippen molar-refractivity contribution in [2.45, 2.75) is 65.4 Å². The summed E-state index contributed by atoms with van der Waals surface area (Å²) >= 11 is 0. The number of nitrogen functional groups attached to an aromatic ring is 1. The average Bonchev–Trinajstić information content (AvgIpc) is 2.89. The Morgan fingerprint density at radius 2 is 1.62 bits per heavy atom. The first-order valence-corrected chi connectivity index (χ1v) is 8.71. The number of anilines is 1. The molecule has 0 saturated carbocycles. The SMILES string of the molecule is Cc1c(C)c2c(c(C)c1N)CC(C)(CCN1CCCCC1)O2.Cl.Cl. The van der Waals surface area contributed by atoms with Gasteiger partial charge in [-0.1, -0.05) is 6.42 Å². The highest BCUT2D eigenvalue weighted by Gasteiger charge is 2.37. The maximum Gasteiger partial charge on any atom is 0.127 e. The lowest BCUT2D eigenvalue weighted by Crippen LogP contribution is -2.38. The molecule has 0 amide bonds. The zero-order valence-corrected chi connectivity index (χ0v) is 17.0. The molecular weight excluding hydrogens is 343 g/mol. The fourth-order valence-electron chi connectivity index (χ4n) is 3.94. The molecule has 5 heteroatoms. The third-order valence-electron chi connectivity index (χ3n) is 5.74. The predicted octanol–water partition coefficient (Wildman–Crippen LogP) is 4.61. The summed E-state index contributed by atoms with van der Waals surface area (Å²) in [6, 6.07) is 0. The Labute approximate surface area is 159 Å². The van der Waals surface area contributed by atoms with Gasteiger partial charge in [-0.3, -0.25) is 0 Å². The van der Waals surface area contributed by atoms with Gasteiger partial charge in [-0.05, 0) is 76.7 Å². The van der Waals surface area contributed by atoms with Gasteiger partial charge in [0, 0.05) is 24.2 Å². The van der Waals surface area contributed by atoms with Crippen molar-refractivity contribution in [1.82, 2.24) is 4.90 Å². The summed E-state index contributed by atoms with van der Waals surface area (Å²) in [7, 11) is 0. The number of likely N-dealkylation sites (tertiary alicyclic amines) is 1. The Morgan fingerprint density at radius 3 is 2.25 bits per heavy atom. The van der Waals surface area contributed by atoms with Crippen molar-refractivity contribution < 1.29 is 4.74 Å². The van der Waals surface area contributed by atoms with Crippen LogP contribution in [0.25, 0.3) is 0 Å². The third kappa shape index (κ3) is 3.95. The summed E-state index contributed by atoms with van der Waals surface area (Å²) in [6.07, 6.45) is 6.19. The highest BCUT2D eigenvalue weighted by molar-refractivity contribution is 5.85. The van der Waals surface area contributed by atoms with Crippen LogP contribution in [0.1, 0.15) is 54.9 Å². The van der Waals surface area contributed by atoms with E-state index in [0.29, 0.717) is 0 Å². The second-order valence-electron chi connectivity index (χ2n) is 7.48. The topological polar surface area (TPSA) is 38.5 Å². The van der Waals surface area contributed by atoms with Crippen LogP contribution in [0.5, 0.6) is 5.75 Å². The molecule has 0 radical (unpaired) electrons. The van der Waals surface area contributed by atoms with Crippen LogP contribution in [0.4, 0.5) is 5.69 Å². The molecule has 3 nitrogen and oxygen atoms in total. The number of hydrogen-bond acceptors (Lipinski definition) is 3. The zero-order chi connectivity index (χ0) is 15.9. The molecule has 2 aliphatic rings. The molecule has 24 heavy (non-hydrogen) atoms. The number of nitrogens with two attached hydrogens (primary N) is 1. The molecule has 1 saturated heterocycles. The van der Waals surface area contributed by atoms with E-state index in [0.717, 1.165) is 30.8 Å². The van der Waals surface area contributed by atoms with Crippen molar-refractivity contribution in [3.63, 3.8) is 0 Å². The molecule has 138 valence electrons. The molecule has 0 bridgehead atoms. The van der Waals surface area contributed by atoms with Crippen LogP contribution in [0.3, 0.4) is 0 Å². The minimum atomic E-state index is -0.0739. The Balaban J connectivity index is 0.00000144. The number of halogens is 2. The standard InChI is InChI=1S/C19H30N2O.2ClH/c1-13-14(2)18-16(15(3)17(13)20)12-19(4,22-18)8-11-21-9-6-5-7-10-21;;/h5-12,20H2,1-4H3;2*1H. The number of ether oxygens (including phenoxy) is 1. The quantitative estimate of drug-likeness (QED) is 0.785. The average molecular weight is 375 g/mol. The zero-order valence-electron chi connectivity index (χ0n) is 15.4. The molecule has 1 atom stereocenters. The Hall–Kier alpha value is -0.640. The molecule has 3 rings (SSSR count). The molecule has 2 N–H and O–H groups in total. The van der Waals surface area contributed by atoms with Crippen molar-refractivity contribution in [3.05, 3.63) is 22.3 Å². The van der Waals surface area contributed by atoms with Crippen LogP contribution in [0.15, 0.2) is 0 Å². The molecule has 1 aromatic carbocycles. The second-order valence-corrected chi connectivity index (χ2v) is 7.48. The van der Waals surface area contributed by atoms with Crippen LogP contribution in [-0.2, 0) is 6.42 Å². The van der Waals surface area contributed by atoms with E-state index in [2.05, 4.69) is 32.6 Å². The largest absolute Gasteiger partial charge is 0.487 e. The Morgan fingerprint density at radius 1 is 1.00 bits per heavy atom. The van der Waals surface area contributed by atoms with Crippen molar-refractivity contribution >= 4 is 30.5 Å². The fourth-order valence-corrected chi connectivity index (χ4v) is 3.94. The number of nitrogens with zero attached hydrogens (tertiary/aromatic N) is 1. The first kappa shape index (κ1) is 21.4. The molecule has 1 fully saturated rings. The number of fused-ring (bicyclic) bond motifs is 1. The number of piperidine rings is 1. The van der Waals surface area contributed by atoms with Gasteiger partial charge in [-0.15, -0.1) is 24.8 Å². The molecular formula is C19H32Cl2N2O. The van der Waals surface area contributed by atoms with Gasteiger partial charge in [-0.25, -0.2) is 0 Å². The molecule has 1 aromatic rings. The predicted molar refractivity (Wildman–Crippen MR) is 107 cm³/mol. The highest BCUT2D eigenvalue weighted by atomic mass is 35.5. The van der Waals surface area contributed by atoms with Crippen LogP contribution in [-0.4, -0.2) is 30.1 Å². The monoisotopic (exact) mass is 374 g/mol. The Kier molecular flexibility index (Phi) is 7.28. The first-order valence-electron chi connectivity index (χ1n) is 8.71. The van der Waals surface area contributed by atoms with Crippen LogP contribution in [0, 0.1) is 20.8 Å². The summed E-state index contributed by atoms with van der Waals surface area (Å²) in [6.45, 7) is 12.3. The van der Waals surface area contributed by atoms with Crippen molar-refractivity contribution in [2.75, 3.05) is 25.4 Å². The van der Waals surface area contributed by atoms with Gasteiger partial charge in [0.2, 0.25) is 0 Å². The smallest absolute Gasteiger partial charge is 0.127 e. The van der Waals surface area contributed by atoms with E-state index in [1.165, 1.54) is 54.6 Å². The summed E-state index contributed by atoms with van der Waals surface area (Å²) < 4.78 is 6.45. The molecule has 2 aliphatic heterocycles. The maximum absolute atomic E-state index is 6.45. The lowest BCUT2D eigenvalue weighted by atomic mass is 9.90. The van der Waals surface area contributed by atoms with Gasteiger partial charge in [0.15, 0.2) is 0 Å². The number of hydrogen-bond donors (Lipinski definition) is 1. The minimum Gasteiger partial charge on any atom is -0.487 e. The van der Waals surface area contributed by atoms with E-state index < -0.39 is 0 Å². The van der Waals surface area contributed by atoms with Gasteiger partial charge < -0.3 is 15.4 Å². The van der Waals surface area contributed by atoms with Gasteiger partial charge >= 0.3 is 0 Å². The van der Waals surface area contributed by atoms with E-state index in [-0.39, 0.29) is 30.4 Å². The second kappa shape index (κ2) is 8.16. The number of benzene rings is 1. The molecule has 1 unspecified atom stereocenters. The van der Waals surface area contributed by atoms with Crippen LogP contribution in [0.2, 0.25) is 0 Å². The van der Waals surface area contributed by atoms with Crippen molar-refractivity contribution in [3.8, 4) is 5.75 Å². The summed E-state index contributed by atoms with van der Waals surface area (Å²) in [5.41, 5.74) is 12.1. The van der Waals surface area contributed by atoms with E-state index in [9.17, 15) is 0 Å². The number of rotatable bonds is 3. The lowest BCUT2D eigenvalue weighted by Gasteiger charge is -2.31. The van der Waals surface area contributed by atoms with E-state index in [1.807, 2.05) is 0 Å². The van der Waals surface area contributed by atoms with Crippen LogP contribution < -0.4 is 10.5 Å². The Bertz CT molecular complexity index is 546. The van der Waals surface area contributed by atoms with E-state index in [4.69, 9.17) is 10.5 Å². The molecule has 0 aromatic heterocycles. The van der Waals surface area contributed by atoms with Gasteiger partial charge in [0.05, 0.1) is 0 Å². The van der Waals surface area contributed by atoms with Crippen LogP contribution >= 0.6 is 24.8 Å². The van der Waals surface area contributed by atoms with E-state index in [1.54, 1.807) is 0 Å². The van der Waals surface area contributed by atoms with Gasteiger partial charge in [0.25, 0.3) is 0 Å². The van der Waals surface area contributed by atoms with Crippen molar-refractivity contribution in [2.24, 2.45) is 0 Å². The molecule has 2 heterocycles. The lowest BCUT2D eigenvalue weighted by molar-refractivity contribution is 0.0835. The van der Waals surface area contributed by atoms with Crippen molar-refractivity contribution in [1.29, 1.82) is 0 Å². The molecule has 0 aliphatic carbocycles. The minimum absolute atomic E-state index is 0. The van der Waals surface area contributed by atoms with Gasteiger partial charge in [0.1, 0.15) is 11.4 Å². The normalized spacial score (nSPS) is 23.0. The highest BCUT2D eigenvalue weighted by Crippen LogP contribution is 2.44. The van der Waals surface area contributed by atoms with Gasteiger partial charge in [-0.2, -0.15) is 0 Å². The van der Waals surface area contributed by atoms with E-state index >= 15 is 0 Å².